The summed E-state index contributed by atoms with van der Waals surface area (Å²) in [5.74, 6) is 3.21. The van der Waals surface area contributed by atoms with Crippen molar-refractivity contribution in [1.29, 1.82) is 5.41 Å². The number of hydrogen-bond donors (Lipinski definition) is 6. The van der Waals surface area contributed by atoms with E-state index in [0.717, 1.165) is 232 Å². The van der Waals surface area contributed by atoms with E-state index in [4.69, 9.17) is 26.5 Å². The van der Waals surface area contributed by atoms with Crippen molar-refractivity contribution in [3.8, 4) is 0 Å². The lowest BCUT2D eigenvalue weighted by Gasteiger charge is -2.37. The molecule has 0 aliphatic carbocycles. The van der Waals surface area contributed by atoms with E-state index in [9.17, 15) is 38.4 Å². The quantitative estimate of drug-likeness (QED) is 0.0583. The zero-order valence-corrected chi connectivity index (χ0v) is 76.2. The number of ketones is 2. The Morgan fingerprint density at radius 2 is 0.699 bits per heavy atom. The van der Waals surface area contributed by atoms with E-state index in [1.54, 1.807) is 27.7 Å². The van der Waals surface area contributed by atoms with Crippen LogP contribution in [0, 0.1) is 46.8 Å². The van der Waals surface area contributed by atoms with Crippen LogP contribution in [0.5, 0.6) is 0 Å². The van der Waals surface area contributed by atoms with Gasteiger partial charge in [0.2, 0.25) is 11.8 Å². The van der Waals surface area contributed by atoms with Crippen molar-refractivity contribution in [2.75, 3.05) is 177 Å². The Morgan fingerprint density at radius 1 is 0.381 bits per heavy atom. The molecular weight excluding hydrogens is 1430 g/mol. The Kier molecular flexibility index (Phi) is 52.7. The van der Waals surface area contributed by atoms with Crippen LogP contribution in [0.25, 0.3) is 0 Å². The number of nitrogens with zero attached hydrogens (tertiary/aromatic N) is 13. The van der Waals surface area contributed by atoms with Gasteiger partial charge in [-0.15, -0.1) is 0 Å². The van der Waals surface area contributed by atoms with Crippen LogP contribution in [-0.2, 0) is 33.6 Å². The number of piperazine rings is 4. The predicted molar refractivity (Wildman–Crippen MR) is 461 cm³/mol. The van der Waals surface area contributed by atoms with Crippen LogP contribution in [0.15, 0.2) is 0 Å². The van der Waals surface area contributed by atoms with Gasteiger partial charge in [0, 0.05) is 192 Å². The number of nitrogens with two attached hydrogens (primary N) is 1. The Labute approximate surface area is 687 Å². The molecule has 0 aromatic carbocycles. The van der Waals surface area contributed by atoms with E-state index in [0.29, 0.717) is 66.5 Å². The number of rotatable bonds is 17. The number of carbonyl (C=O) groups excluding carboxylic acids is 5. The molecule has 0 bridgehead atoms. The standard InChI is InChI=1S/C11H23N3O.C10H20N2O.C10H19NO2.2C10H19NO.C9H18N2O.2C9H17NO2.C8H18N4/c1-9(2)12-11(15)14-7-5-13(6-8-14)10(3)4;1-9(2)12-6-4-11(5-7-12)8-10(3)13;1-8(2)9-3-5-11(6-4-9)7-10(12)13;1-8(2)11-6-4-10(5-7-11)9(3)12;2*1-8(2)10-4-6-11(7-5-10)9(3)12;1-6(2)10-5-7(3)4-8(10)9(11)12;1-7(2)10-5-3-8(4-6-10)9(11)12;1-7(2)11-3-5-12(6-4-11)8(9)10/h9-10H,5-8H2,1-4H3,(H,12,15);9H,4-8H2,1-3H3;8-9H,3-7H2,1-2H3,(H,12,13);2*8,10H,4-7H2,1-3H3;8H,4-7H2,1-3H3;6-8H,4-5H2,1-3H3,(H,11,12);7-8H,3-6H2,1-2H3,(H,11,12);7H,3-6H2,1-2H3,(H3,9,10)/t;;;;;;7-,8+;;/m......1../s1. The molecule has 7 N–H and O–H groups in total. The molecule has 113 heavy (non-hydrogen) atoms. The fourth-order valence-electron chi connectivity index (χ4n) is 15.8. The van der Waals surface area contributed by atoms with Gasteiger partial charge >= 0.3 is 23.9 Å². The van der Waals surface area contributed by atoms with Crippen LogP contribution in [0.4, 0.5) is 4.79 Å². The number of carboxylic acid groups (broad SMARTS) is 3. The molecule has 9 aliphatic heterocycles. The fourth-order valence-corrected chi connectivity index (χ4v) is 15.8. The number of carbonyl (C=O) groups is 8. The monoisotopic (exact) mass is 1600 g/mol. The minimum atomic E-state index is -0.706. The lowest BCUT2D eigenvalue weighted by Crippen LogP contribution is -2.54. The second-order valence-corrected chi connectivity index (χ2v) is 36.0. The summed E-state index contributed by atoms with van der Waals surface area (Å²) < 4.78 is 0. The zero-order valence-electron chi connectivity index (χ0n) is 76.2. The molecule has 9 heterocycles. The predicted octanol–water partition coefficient (Wildman–Crippen LogP) is 9.61. The Morgan fingerprint density at radius 3 is 0.982 bits per heavy atom. The third-order valence-corrected chi connectivity index (χ3v) is 24.0. The van der Waals surface area contributed by atoms with Crippen LogP contribution in [0.1, 0.15) is 231 Å². The summed E-state index contributed by atoms with van der Waals surface area (Å²) in [4.78, 5) is 116. The minimum Gasteiger partial charge on any atom is -0.481 e. The number of urea groups is 1. The first-order valence-corrected chi connectivity index (χ1v) is 43.7. The van der Waals surface area contributed by atoms with Gasteiger partial charge in [0.1, 0.15) is 17.6 Å². The minimum absolute atomic E-state index is 0.0772. The molecule has 660 valence electrons. The summed E-state index contributed by atoms with van der Waals surface area (Å²) in [7, 11) is 0. The van der Waals surface area contributed by atoms with Crippen LogP contribution in [0.2, 0.25) is 0 Å². The fraction of sp³-hybridized carbons (Fsp3) is 0.895. The number of aliphatic carboxylic acids is 3. The molecule has 2 atom stereocenters. The van der Waals surface area contributed by atoms with Crippen molar-refractivity contribution in [2.45, 2.75) is 285 Å². The Balaban J connectivity index is 0.000000636. The largest absolute Gasteiger partial charge is 0.481 e. The van der Waals surface area contributed by atoms with E-state index in [1.165, 1.54) is 12.8 Å². The maximum atomic E-state index is 11.7. The summed E-state index contributed by atoms with van der Waals surface area (Å²) in [5.41, 5.74) is 5.38. The molecule has 0 radical (unpaired) electrons. The third-order valence-electron chi connectivity index (χ3n) is 24.0. The Bertz CT molecular complexity index is 2400. The Hall–Kier alpha value is -5.13. The van der Waals surface area contributed by atoms with Crippen LogP contribution >= 0.6 is 0 Å². The maximum Gasteiger partial charge on any atom is 0.320 e. The van der Waals surface area contributed by atoms with E-state index < -0.39 is 17.9 Å². The first kappa shape index (κ1) is 106. The van der Waals surface area contributed by atoms with Crippen molar-refractivity contribution < 1.29 is 53.7 Å². The summed E-state index contributed by atoms with van der Waals surface area (Å²) >= 11 is 0. The van der Waals surface area contributed by atoms with Gasteiger partial charge in [-0.1, -0.05) is 34.6 Å². The van der Waals surface area contributed by atoms with E-state index in [2.05, 4.69) is 162 Å². The normalized spacial score (nSPS) is 21.6. The number of guanidine groups is 1. The zero-order chi connectivity index (χ0) is 86.1. The molecular formula is C86H170N16O11. The van der Waals surface area contributed by atoms with Gasteiger partial charge in [-0.3, -0.25) is 73.3 Å². The summed E-state index contributed by atoms with van der Waals surface area (Å²) in [6.07, 6.45) is 9.25. The van der Waals surface area contributed by atoms with Gasteiger partial charge in [0.15, 0.2) is 5.96 Å². The number of amides is 4. The average molecular weight is 1600 g/mol. The number of nitrogens with one attached hydrogen (secondary N) is 2. The summed E-state index contributed by atoms with van der Waals surface area (Å²) in [6.45, 7) is 77.6. The third kappa shape index (κ3) is 44.3. The molecule has 0 aromatic rings. The van der Waals surface area contributed by atoms with Crippen LogP contribution in [0.3, 0.4) is 0 Å². The second kappa shape index (κ2) is 56.3. The summed E-state index contributed by atoms with van der Waals surface area (Å²) in [6, 6.07) is 4.03. The van der Waals surface area contributed by atoms with Gasteiger partial charge in [0.05, 0.1) is 19.0 Å². The molecule has 0 saturated carbocycles. The molecule has 27 nitrogen and oxygen atoms in total. The molecule has 27 heteroatoms. The maximum absolute atomic E-state index is 11.7. The van der Waals surface area contributed by atoms with Gasteiger partial charge in [-0.2, -0.15) is 0 Å². The SMILES string of the molecule is CC(=O)C1CCN(C(C)C)CC1.CC(=O)CN1CCN(C(C)C)CC1.CC(=O)N1CCC(C(C)C)CC1.CC(=O)N1CCN(C(C)C)CC1.CC(C)C1CCN(CC(=O)O)CC1.CC(C)N1CCC(C(=O)O)CC1.CC(C)N1CCN(C(=N)N)CC1.CC(C)N1C[C@H](C)C[C@H]1C(=O)O.CC(C)NC(=O)N1CCN(C(C)C)CC1. The molecule has 0 spiro atoms. The average Bonchev–Trinajstić information content (AvgIpc) is 0.957. The first-order valence-electron chi connectivity index (χ1n) is 43.7. The van der Waals surface area contributed by atoms with Crippen molar-refractivity contribution in [2.24, 2.45) is 47.2 Å². The lowest BCUT2D eigenvalue weighted by atomic mass is 9.87. The van der Waals surface area contributed by atoms with Gasteiger partial charge in [-0.25, -0.2) is 4.79 Å². The number of carboxylic acids is 3. The molecule has 4 amide bonds. The topological polar surface area (TPSA) is 301 Å². The van der Waals surface area contributed by atoms with Crippen LogP contribution < -0.4 is 11.1 Å². The van der Waals surface area contributed by atoms with E-state index in [1.807, 2.05) is 52.2 Å². The smallest absolute Gasteiger partial charge is 0.320 e. The lowest BCUT2D eigenvalue weighted by molar-refractivity contribution is -0.144. The number of hydrogen-bond acceptors (Lipinski definition) is 18. The second-order valence-electron chi connectivity index (χ2n) is 36.0. The van der Waals surface area contributed by atoms with Crippen molar-refractivity contribution in [3.05, 3.63) is 0 Å². The molecule has 9 saturated heterocycles. The van der Waals surface area contributed by atoms with Crippen molar-refractivity contribution >= 4 is 53.3 Å². The number of Topliss-reactive ketones (excluding diaryl/α,β-unsaturated/α-hetero) is 2. The molecule has 9 fully saturated rings. The molecule has 9 aliphatic rings. The highest BCUT2D eigenvalue weighted by Crippen LogP contribution is 2.27. The summed E-state index contributed by atoms with van der Waals surface area (Å²) in [5, 5.41) is 36.4. The number of likely N-dealkylation sites (tertiary alicyclic amines) is 5. The van der Waals surface area contributed by atoms with E-state index >= 15 is 0 Å². The van der Waals surface area contributed by atoms with Gasteiger partial charge < -0.3 is 55.8 Å². The molecule has 9 rings (SSSR count). The van der Waals surface area contributed by atoms with Gasteiger partial charge in [-0.05, 0) is 251 Å². The van der Waals surface area contributed by atoms with Gasteiger partial charge in [0.25, 0.3) is 0 Å². The molecule has 0 unspecified atom stereocenters. The number of piperidine rings is 4. The van der Waals surface area contributed by atoms with Crippen molar-refractivity contribution in [3.63, 3.8) is 0 Å². The van der Waals surface area contributed by atoms with Crippen LogP contribution in [-0.4, -0.2) is 363 Å². The highest BCUT2D eigenvalue weighted by atomic mass is 16.4. The first-order chi connectivity index (χ1) is 52.8. The molecule has 0 aromatic heterocycles. The van der Waals surface area contributed by atoms with E-state index in [-0.39, 0.29) is 54.1 Å². The highest BCUT2D eigenvalue weighted by molar-refractivity contribution is 5.79. The van der Waals surface area contributed by atoms with Crippen molar-refractivity contribution in [1.82, 2.24) is 69.0 Å². The highest BCUT2D eigenvalue weighted by Gasteiger charge is 2.36.